The van der Waals surface area contributed by atoms with Gasteiger partial charge in [0.2, 0.25) is 0 Å². The van der Waals surface area contributed by atoms with Crippen LogP contribution in [0, 0.1) is 11.6 Å². The predicted octanol–water partition coefficient (Wildman–Crippen LogP) is 2.00. The first-order valence-corrected chi connectivity index (χ1v) is 4.90. The third kappa shape index (κ3) is 2.73. The number of benzene rings is 1. The SMILES string of the molecule is CCC(NC)C(O)c1ccc(F)c(F)c1. The summed E-state index contributed by atoms with van der Waals surface area (Å²) >= 11 is 0. The quantitative estimate of drug-likeness (QED) is 0.805. The van der Waals surface area contributed by atoms with E-state index in [4.69, 9.17) is 0 Å². The van der Waals surface area contributed by atoms with Gasteiger partial charge in [0.05, 0.1) is 6.10 Å². The van der Waals surface area contributed by atoms with Crippen molar-refractivity contribution in [3.05, 3.63) is 35.4 Å². The standard InChI is InChI=1S/C11H15F2NO/c1-3-10(14-2)11(15)7-4-5-8(12)9(13)6-7/h4-6,10-11,14-15H,3H2,1-2H3. The molecule has 2 N–H and O–H groups in total. The van der Waals surface area contributed by atoms with Gasteiger partial charge in [0.15, 0.2) is 11.6 Å². The lowest BCUT2D eigenvalue weighted by atomic mass is 10.0. The van der Waals surface area contributed by atoms with E-state index in [-0.39, 0.29) is 6.04 Å². The maximum Gasteiger partial charge on any atom is 0.159 e. The van der Waals surface area contributed by atoms with Crippen molar-refractivity contribution in [1.82, 2.24) is 5.32 Å². The van der Waals surface area contributed by atoms with E-state index in [0.717, 1.165) is 12.1 Å². The van der Waals surface area contributed by atoms with Crippen LogP contribution in [0.1, 0.15) is 25.0 Å². The van der Waals surface area contributed by atoms with E-state index in [1.54, 1.807) is 7.05 Å². The number of aliphatic hydroxyl groups excluding tert-OH is 1. The molecule has 2 nitrogen and oxygen atoms in total. The molecule has 1 aromatic carbocycles. The Balaban J connectivity index is 2.90. The average Bonchev–Trinajstić information content (AvgIpc) is 2.23. The van der Waals surface area contributed by atoms with Gasteiger partial charge in [0.25, 0.3) is 0 Å². The second-order valence-corrected chi connectivity index (χ2v) is 3.42. The number of nitrogens with one attached hydrogen (secondary N) is 1. The molecule has 1 rings (SSSR count). The van der Waals surface area contributed by atoms with Gasteiger partial charge < -0.3 is 10.4 Å². The summed E-state index contributed by atoms with van der Waals surface area (Å²) in [6, 6.07) is 3.29. The molecule has 0 aromatic heterocycles. The van der Waals surface area contributed by atoms with Crippen LogP contribution >= 0.6 is 0 Å². The Kier molecular flexibility index (Phi) is 4.17. The molecule has 0 spiro atoms. The molecule has 0 aliphatic heterocycles. The Labute approximate surface area is 87.9 Å². The Morgan fingerprint density at radius 3 is 2.47 bits per heavy atom. The topological polar surface area (TPSA) is 32.3 Å². The van der Waals surface area contributed by atoms with Crippen molar-refractivity contribution in [2.24, 2.45) is 0 Å². The van der Waals surface area contributed by atoms with Crippen molar-refractivity contribution in [2.75, 3.05) is 7.05 Å². The molecule has 0 radical (unpaired) electrons. The predicted molar refractivity (Wildman–Crippen MR) is 54.5 cm³/mol. The fraction of sp³-hybridized carbons (Fsp3) is 0.455. The van der Waals surface area contributed by atoms with Gasteiger partial charge in [-0.1, -0.05) is 13.0 Å². The molecule has 84 valence electrons. The molecule has 0 saturated heterocycles. The lowest BCUT2D eigenvalue weighted by Gasteiger charge is -2.21. The molecule has 2 unspecified atom stereocenters. The zero-order valence-corrected chi connectivity index (χ0v) is 8.80. The minimum absolute atomic E-state index is 0.158. The first-order valence-electron chi connectivity index (χ1n) is 4.90. The molecule has 4 heteroatoms. The van der Waals surface area contributed by atoms with E-state index in [2.05, 4.69) is 5.32 Å². The van der Waals surface area contributed by atoms with E-state index < -0.39 is 17.7 Å². The van der Waals surface area contributed by atoms with Gasteiger partial charge in [-0.05, 0) is 31.2 Å². The van der Waals surface area contributed by atoms with Crippen molar-refractivity contribution in [1.29, 1.82) is 0 Å². The molecular weight excluding hydrogens is 200 g/mol. The molecule has 0 amide bonds. The fourth-order valence-electron chi connectivity index (χ4n) is 1.51. The van der Waals surface area contributed by atoms with E-state index in [1.165, 1.54) is 6.07 Å². The van der Waals surface area contributed by atoms with Crippen LogP contribution < -0.4 is 5.32 Å². The van der Waals surface area contributed by atoms with Gasteiger partial charge in [-0.3, -0.25) is 0 Å². The highest BCUT2D eigenvalue weighted by Crippen LogP contribution is 2.20. The van der Waals surface area contributed by atoms with E-state index in [0.29, 0.717) is 12.0 Å². The lowest BCUT2D eigenvalue weighted by Crippen LogP contribution is -2.31. The summed E-state index contributed by atoms with van der Waals surface area (Å²) in [7, 11) is 1.72. The molecule has 0 heterocycles. The highest BCUT2D eigenvalue weighted by molar-refractivity contribution is 5.21. The van der Waals surface area contributed by atoms with Crippen LogP contribution in [-0.2, 0) is 0 Å². The van der Waals surface area contributed by atoms with Gasteiger partial charge in [-0.25, -0.2) is 8.78 Å². The van der Waals surface area contributed by atoms with Gasteiger partial charge in [0, 0.05) is 6.04 Å². The monoisotopic (exact) mass is 215 g/mol. The fourth-order valence-corrected chi connectivity index (χ4v) is 1.51. The highest BCUT2D eigenvalue weighted by atomic mass is 19.2. The normalized spacial score (nSPS) is 15.0. The van der Waals surface area contributed by atoms with Crippen molar-refractivity contribution < 1.29 is 13.9 Å². The average molecular weight is 215 g/mol. The Morgan fingerprint density at radius 1 is 1.33 bits per heavy atom. The van der Waals surface area contributed by atoms with Crippen molar-refractivity contribution >= 4 is 0 Å². The summed E-state index contributed by atoms with van der Waals surface area (Å²) in [6.07, 6.45) is -0.119. The molecule has 0 fully saturated rings. The lowest BCUT2D eigenvalue weighted by molar-refractivity contribution is 0.129. The molecule has 0 saturated carbocycles. The molecule has 1 aromatic rings. The van der Waals surface area contributed by atoms with Crippen LogP contribution in [0.5, 0.6) is 0 Å². The van der Waals surface area contributed by atoms with Crippen LogP contribution in [0.4, 0.5) is 8.78 Å². The summed E-state index contributed by atoms with van der Waals surface area (Å²) in [5, 5.41) is 12.8. The minimum atomic E-state index is -0.933. The Hall–Kier alpha value is -1.00. The molecule has 0 bridgehead atoms. The van der Waals surface area contributed by atoms with Crippen LogP contribution in [0.3, 0.4) is 0 Å². The minimum Gasteiger partial charge on any atom is -0.387 e. The van der Waals surface area contributed by atoms with Gasteiger partial charge in [-0.2, -0.15) is 0 Å². The van der Waals surface area contributed by atoms with Gasteiger partial charge >= 0.3 is 0 Å². The number of halogens is 2. The third-order valence-corrected chi connectivity index (χ3v) is 2.48. The number of likely N-dealkylation sites (N-methyl/N-ethyl adjacent to an activating group) is 1. The summed E-state index contributed by atoms with van der Waals surface area (Å²) in [4.78, 5) is 0. The summed E-state index contributed by atoms with van der Waals surface area (Å²) in [5.41, 5.74) is 0.384. The number of aliphatic hydroxyl groups is 1. The Bertz CT molecular complexity index is 326. The summed E-state index contributed by atoms with van der Waals surface area (Å²) in [6.45, 7) is 1.91. The van der Waals surface area contributed by atoms with Crippen molar-refractivity contribution in [3.8, 4) is 0 Å². The first-order chi connectivity index (χ1) is 7.10. The smallest absolute Gasteiger partial charge is 0.159 e. The molecule has 0 aliphatic carbocycles. The maximum atomic E-state index is 12.9. The van der Waals surface area contributed by atoms with Crippen LogP contribution in [0.2, 0.25) is 0 Å². The first kappa shape index (κ1) is 12.1. The van der Waals surface area contributed by atoms with Crippen molar-refractivity contribution in [2.45, 2.75) is 25.5 Å². The molecule has 0 aliphatic rings. The zero-order valence-electron chi connectivity index (χ0n) is 8.80. The van der Waals surface area contributed by atoms with E-state index in [1.807, 2.05) is 6.92 Å². The van der Waals surface area contributed by atoms with Gasteiger partial charge in [-0.15, -0.1) is 0 Å². The van der Waals surface area contributed by atoms with Crippen LogP contribution in [-0.4, -0.2) is 18.2 Å². The second-order valence-electron chi connectivity index (χ2n) is 3.42. The van der Waals surface area contributed by atoms with Crippen molar-refractivity contribution in [3.63, 3.8) is 0 Å². The largest absolute Gasteiger partial charge is 0.387 e. The summed E-state index contributed by atoms with van der Waals surface area (Å²) in [5.74, 6) is -1.83. The maximum absolute atomic E-state index is 12.9. The summed E-state index contributed by atoms with van der Waals surface area (Å²) < 4.78 is 25.6. The number of rotatable bonds is 4. The van der Waals surface area contributed by atoms with Gasteiger partial charge in [0.1, 0.15) is 0 Å². The van der Waals surface area contributed by atoms with E-state index in [9.17, 15) is 13.9 Å². The van der Waals surface area contributed by atoms with Crippen LogP contribution in [0.15, 0.2) is 18.2 Å². The molecule has 2 atom stereocenters. The van der Waals surface area contributed by atoms with Crippen LogP contribution in [0.25, 0.3) is 0 Å². The second kappa shape index (κ2) is 5.19. The zero-order chi connectivity index (χ0) is 11.4. The highest BCUT2D eigenvalue weighted by Gasteiger charge is 2.18. The van der Waals surface area contributed by atoms with E-state index >= 15 is 0 Å². The Morgan fingerprint density at radius 2 is 2.00 bits per heavy atom. The molecular formula is C11H15F2NO. The number of hydrogen-bond donors (Lipinski definition) is 2. The third-order valence-electron chi connectivity index (χ3n) is 2.48. The number of hydrogen-bond acceptors (Lipinski definition) is 2. The molecule has 15 heavy (non-hydrogen) atoms.